The molecule has 1 aromatic heterocycles. The van der Waals surface area contributed by atoms with Crippen molar-refractivity contribution in [2.45, 2.75) is 20.8 Å². The number of aryl methyl sites for hydroxylation is 1. The zero-order valence-electron chi connectivity index (χ0n) is 14.2. The van der Waals surface area contributed by atoms with E-state index in [1.165, 1.54) is 5.69 Å². The lowest BCUT2D eigenvalue weighted by molar-refractivity contribution is 0.154. The summed E-state index contributed by atoms with van der Waals surface area (Å²) in [5, 5.41) is 0. The molecule has 0 saturated carbocycles. The van der Waals surface area contributed by atoms with Crippen LogP contribution in [0, 0.1) is 6.92 Å². The third-order valence-electron chi connectivity index (χ3n) is 4.53. The number of aromatic nitrogens is 2. The fourth-order valence-corrected chi connectivity index (χ4v) is 3.17. The van der Waals surface area contributed by atoms with Crippen molar-refractivity contribution >= 4 is 22.8 Å². The van der Waals surface area contributed by atoms with Crippen LogP contribution in [0.25, 0.3) is 11.0 Å². The Kier molecular flexibility index (Phi) is 4.41. The van der Waals surface area contributed by atoms with Crippen LogP contribution < -0.4 is 4.90 Å². The van der Waals surface area contributed by atoms with Gasteiger partial charge in [0.25, 0.3) is 0 Å². The minimum absolute atomic E-state index is 0.161. The number of amides is 2. The minimum Gasteiger partial charge on any atom is -0.368 e. The highest BCUT2D eigenvalue weighted by atomic mass is 16.2. The van der Waals surface area contributed by atoms with Gasteiger partial charge in [0.15, 0.2) is 0 Å². The van der Waals surface area contributed by atoms with Crippen molar-refractivity contribution < 1.29 is 4.79 Å². The van der Waals surface area contributed by atoms with Crippen LogP contribution >= 0.6 is 0 Å². The summed E-state index contributed by atoms with van der Waals surface area (Å²) in [6.45, 7) is 10.8. The number of hydrogen-bond donors (Lipinski definition) is 1. The number of benzene rings is 1. The standard InChI is InChI=1S/C17H25N5O/c1-4-20(5-2)17(23)22-10-8-21(9-11-22)14-6-7-15-16(12-14)19-13(3)18-15/h6-7,12H,4-5,8-11H2,1-3H3,(H,18,19). The third kappa shape index (κ3) is 3.11. The first kappa shape index (κ1) is 15.6. The molecule has 6 nitrogen and oxygen atoms in total. The topological polar surface area (TPSA) is 55.5 Å². The normalized spacial score (nSPS) is 15.3. The number of rotatable bonds is 3. The summed E-state index contributed by atoms with van der Waals surface area (Å²) in [6.07, 6.45) is 0. The highest BCUT2D eigenvalue weighted by Gasteiger charge is 2.24. The van der Waals surface area contributed by atoms with Crippen molar-refractivity contribution in [3.05, 3.63) is 24.0 Å². The molecule has 0 spiro atoms. The molecule has 0 bridgehead atoms. The molecule has 2 heterocycles. The van der Waals surface area contributed by atoms with E-state index >= 15 is 0 Å². The molecule has 1 aliphatic heterocycles. The Morgan fingerprint density at radius 3 is 2.57 bits per heavy atom. The first-order chi connectivity index (χ1) is 11.1. The lowest BCUT2D eigenvalue weighted by Gasteiger charge is -2.38. The highest BCUT2D eigenvalue weighted by Crippen LogP contribution is 2.22. The fourth-order valence-electron chi connectivity index (χ4n) is 3.17. The molecule has 0 unspecified atom stereocenters. The summed E-state index contributed by atoms with van der Waals surface area (Å²) in [5.74, 6) is 0.937. The zero-order chi connectivity index (χ0) is 16.4. The van der Waals surface area contributed by atoms with E-state index in [1.807, 2.05) is 30.6 Å². The molecule has 2 amide bonds. The van der Waals surface area contributed by atoms with Crippen molar-refractivity contribution in [1.29, 1.82) is 0 Å². The van der Waals surface area contributed by atoms with E-state index in [-0.39, 0.29) is 6.03 Å². The van der Waals surface area contributed by atoms with E-state index in [1.54, 1.807) is 0 Å². The van der Waals surface area contributed by atoms with E-state index < -0.39 is 0 Å². The maximum Gasteiger partial charge on any atom is 0.320 e. The van der Waals surface area contributed by atoms with Crippen molar-refractivity contribution in [2.24, 2.45) is 0 Å². The summed E-state index contributed by atoms with van der Waals surface area (Å²) in [6, 6.07) is 6.48. The molecule has 1 N–H and O–H groups in total. The molecule has 3 rings (SSSR count). The SMILES string of the molecule is CCN(CC)C(=O)N1CCN(c2ccc3nc(C)[nH]c3c2)CC1. The molecular formula is C17H25N5O. The number of H-pyrrole nitrogens is 1. The highest BCUT2D eigenvalue weighted by molar-refractivity contribution is 5.80. The van der Waals surface area contributed by atoms with Crippen LogP contribution in [0.4, 0.5) is 10.5 Å². The number of anilines is 1. The monoisotopic (exact) mass is 315 g/mol. The van der Waals surface area contributed by atoms with Crippen LogP contribution in [0.5, 0.6) is 0 Å². The molecule has 1 fully saturated rings. The van der Waals surface area contributed by atoms with E-state index in [4.69, 9.17) is 0 Å². The Bertz CT molecular complexity index is 683. The van der Waals surface area contributed by atoms with Gasteiger partial charge in [-0.05, 0) is 39.0 Å². The maximum atomic E-state index is 12.4. The van der Waals surface area contributed by atoms with Crippen LogP contribution in [-0.2, 0) is 0 Å². The Hall–Kier alpha value is -2.24. The second kappa shape index (κ2) is 6.48. The number of nitrogens with one attached hydrogen (secondary N) is 1. The van der Waals surface area contributed by atoms with E-state index in [0.717, 1.165) is 56.1 Å². The number of carbonyl (C=O) groups excluding carboxylic acids is 1. The van der Waals surface area contributed by atoms with Crippen LogP contribution in [-0.4, -0.2) is 65.1 Å². The molecule has 0 atom stereocenters. The largest absolute Gasteiger partial charge is 0.368 e. The summed E-state index contributed by atoms with van der Waals surface area (Å²) in [7, 11) is 0. The number of fused-ring (bicyclic) bond motifs is 1. The van der Waals surface area contributed by atoms with E-state index in [0.29, 0.717) is 0 Å². The van der Waals surface area contributed by atoms with Gasteiger partial charge in [0.1, 0.15) is 5.82 Å². The molecule has 2 aromatic rings. The number of hydrogen-bond acceptors (Lipinski definition) is 3. The summed E-state index contributed by atoms with van der Waals surface area (Å²) in [5.41, 5.74) is 3.26. The van der Waals surface area contributed by atoms with Gasteiger partial charge in [-0.1, -0.05) is 0 Å². The summed E-state index contributed by atoms with van der Waals surface area (Å²) < 4.78 is 0. The fraction of sp³-hybridized carbons (Fsp3) is 0.529. The molecule has 1 saturated heterocycles. The molecule has 1 aromatic carbocycles. The maximum absolute atomic E-state index is 12.4. The van der Waals surface area contributed by atoms with Gasteiger partial charge >= 0.3 is 6.03 Å². The van der Waals surface area contributed by atoms with Gasteiger partial charge in [-0.2, -0.15) is 0 Å². The molecule has 0 radical (unpaired) electrons. The van der Waals surface area contributed by atoms with Crippen LogP contribution in [0.3, 0.4) is 0 Å². The predicted molar refractivity (Wildman–Crippen MR) is 92.9 cm³/mol. The molecule has 124 valence electrons. The number of urea groups is 1. The number of carbonyl (C=O) groups is 1. The van der Waals surface area contributed by atoms with Crippen molar-refractivity contribution in [3.63, 3.8) is 0 Å². The Labute approximate surface area is 137 Å². The first-order valence-corrected chi connectivity index (χ1v) is 8.37. The first-order valence-electron chi connectivity index (χ1n) is 8.37. The summed E-state index contributed by atoms with van der Waals surface area (Å²) in [4.78, 5) is 26.3. The van der Waals surface area contributed by atoms with E-state index in [2.05, 4.69) is 33.1 Å². The second-order valence-corrected chi connectivity index (χ2v) is 5.95. The second-order valence-electron chi connectivity index (χ2n) is 5.95. The molecule has 0 aliphatic carbocycles. The van der Waals surface area contributed by atoms with Crippen LogP contribution in [0.15, 0.2) is 18.2 Å². The smallest absolute Gasteiger partial charge is 0.320 e. The molecular weight excluding hydrogens is 290 g/mol. The van der Waals surface area contributed by atoms with Gasteiger partial charge in [0.2, 0.25) is 0 Å². The zero-order valence-corrected chi connectivity index (χ0v) is 14.2. The number of nitrogens with zero attached hydrogens (tertiary/aromatic N) is 4. The lowest BCUT2D eigenvalue weighted by atomic mass is 10.2. The quantitative estimate of drug-likeness (QED) is 0.946. The van der Waals surface area contributed by atoms with Crippen molar-refractivity contribution in [3.8, 4) is 0 Å². The average molecular weight is 315 g/mol. The third-order valence-corrected chi connectivity index (χ3v) is 4.53. The molecule has 1 aliphatic rings. The number of imidazole rings is 1. The molecule has 23 heavy (non-hydrogen) atoms. The average Bonchev–Trinajstić information content (AvgIpc) is 2.95. The number of aromatic amines is 1. The minimum atomic E-state index is 0.161. The van der Waals surface area contributed by atoms with Gasteiger partial charge < -0.3 is 19.7 Å². The van der Waals surface area contributed by atoms with Gasteiger partial charge in [0.05, 0.1) is 11.0 Å². The Morgan fingerprint density at radius 1 is 1.22 bits per heavy atom. The van der Waals surface area contributed by atoms with Gasteiger partial charge in [-0.3, -0.25) is 0 Å². The van der Waals surface area contributed by atoms with Gasteiger partial charge in [-0.15, -0.1) is 0 Å². The van der Waals surface area contributed by atoms with Crippen LogP contribution in [0.2, 0.25) is 0 Å². The number of piperazine rings is 1. The van der Waals surface area contributed by atoms with Gasteiger partial charge in [0, 0.05) is 45.0 Å². The van der Waals surface area contributed by atoms with Crippen LogP contribution in [0.1, 0.15) is 19.7 Å². The van der Waals surface area contributed by atoms with Crippen molar-refractivity contribution in [2.75, 3.05) is 44.2 Å². The molecule has 6 heteroatoms. The lowest BCUT2D eigenvalue weighted by Crippen LogP contribution is -2.52. The van der Waals surface area contributed by atoms with Gasteiger partial charge in [-0.25, -0.2) is 9.78 Å². The Balaban J connectivity index is 1.66. The van der Waals surface area contributed by atoms with Crippen molar-refractivity contribution in [1.82, 2.24) is 19.8 Å². The summed E-state index contributed by atoms with van der Waals surface area (Å²) >= 11 is 0. The predicted octanol–water partition coefficient (Wildman–Crippen LogP) is 2.46. The Morgan fingerprint density at radius 2 is 1.91 bits per heavy atom. The van der Waals surface area contributed by atoms with E-state index in [9.17, 15) is 4.79 Å².